The van der Waals surface area contributed by atoms with Crippen LogP contribution in [0.25, 0.3) is 0 Å². The van der Waals surface area contributed by atoms with Gasteiger partial charge < -0.3 is 15.1 Å². The molecule has 0 spiro atoms. The maximum absolute atomic E-state index is 7.17. The van der Waals surface area contributed by atoms with E-state index in [0.717, 1.165) is 0 Å². The zero-order valence-corrected chi connectivity index (χ0v) is 4.30. The summed E-state index contributed by atoms with van der Waals surface area (Å²) >= 11 is 0. The number of rotatable bonds is 0. The first-order valence-electron chi connectivity index (χ1n) is 0.775. The second-order valence-electron chi connectivity index (χ2n) is 0.346. The fraction of sp³-hybridized carbons (Fsp3) is 0. The Morgan fingerprint density at radius 2 is 1.00 bits per heavy atom. The summed E-state index contributed by atoms with van der Waals surface area (Å²) in [5.41, 5.74) is 0. The van der Waals surface area contributed by atoms with Crippen LogP contribution < -0.4 is 0 Å². The van der Waals surface area contributed by atoms with Crippen LogP contribution in [0.4, 0.5) is 0 Å². The molecule has 0 rings (SSSR count). The van der Waals surface area contributed by atoms with Crippen molar-refractivity contribution in [1.82, 2.24) is 0 Å². The molecule has 0 atom stereocenters. The van der Waals surface area contributed by atoms with Crippen molar-refractivity contribution in [3.05, 3.63) is 0 Å². The summed E-state index contributed by atoms with van der Waals surface area (Å²) in [6.07, 6.45) is 0. The molecule has 0 aromatic rings. The van der Waals surface area contributed by atoms with Crippen molar-refractivity contribution in [3.8, 4) is 0 Å². The predicted molar refractivity (Wildman–Crippen MR) is 21.0 cm³/mol. The van der Waals surface area contributed by atoms with Crippen molar-refractivity contribution in [3.63, 3.8) is 0 Å². The average Bonchev–Trinajstić information content (AvgIpc) is 0.811. The van der Waals surface area contributed by atoms with E-state index >= 15 is 0 Å². The average molecular weight is 246 g/mol. The Morgan fingerprint density at radius 3 is 1.00 bits per heavy atom. The molecule has 0 aliphatic heterocycles. The molecule has 0 amide bonds. The predicted octanol–water partition coefficient (Wildman–Crippen LogP) is -2.97. The van der Waals surface area contributed by atoms with Gasteiger partial charge in [0.05, 0.1) is 0 Å². The standard InChI is InChI=1S/BH3O3.Ba.Sc.2H/c2-1(3)4;;;;/h2-4H;;;;. The minimum Gasteiger partial charge on any atom is 0 e. The number of hydrogen-bond acceptors (Lipinski definition) is 3. The van der Waals surface area contributed by atoms with Gasteiger partial charge in [-0.1, -0.05) is 0 Å². The molecule has 0 aliphatic rings. The van der Waals surface area contributed by atoms with Crippen molar-refractivity contribution in [1.29, 1.82) is 0 Å². The first-order chi connectivity index (χ1) is 1.73. The molecule has 0 aliphatic carbocycles. The Balaban J connectivity index is -0.0000000450. The van der Waals surface area contributed by atoms with Crippen LogP contribution in [0.1, 0.15) is 0 Å². The van der Waals surface area contributed by atoms with Crippen LogP contribution in [0.15, 0.2) is 0 Å². The van der Waals surface area contributed by atoms with Gasteiger partial charge in [0.1, 0.15) is 0 Å². The van der Waals surface area contributed by atoms with Gasteiger partial charge in [-0.25, -0.2) is 0 Å². The third-order valence-corrected chi connectivity index (χ3v) is 0. The van der Waals surface area contributed by atoms with Gasteiger partial charge in [-0.3, -0.25) is 0 Å². The molecular formula is H5BBaO3Sc. The fourth-order valence-electron chi connectivity index (χ4n) is 0. The third kappa shape index (κ3) is 32.5. The Morgan fingerprint density at radius 1 is 1.00 bits per heavy atom. The molecule has 3 nitrogen and oxygen atoms in total. The van der Waals surface area contributed by atoms with E-state index in [1.165, 1.54) is 0 Å². The van der Waals surface area contributed by atoms with Gasteiger partial charge in [0, 0.05) is 25.8 Å². The van der Waals surface area contributed by atoms with Crippen LogP contribution in [-0.4, -0.2) is 71.3 Å². The van der Waals surface area contributed by atoms with Gasteiger partial charge in [-0.15, -0.1) is 0 Å². The van der Waals surface area contributed by atoms with Crippen molar-refractivity contribution in [2.75, 3.05) is 0 Å². The molecule has 0 saturated carbocycles. The summed E-state index contributed by atoms with van der Waals surface area (Å²) < 4.78 is 0. The molecule has 0 aromatic heterocycles. The maximum Gasteiger partial charge on any atom is 0 e. The molecule has 0 heterocycles. The molecular weight excluding hydrogens is 241 g/mol. The second kappa shape index (κ2) is 10.4. The van der Waals surface area contributed by atoms with Gasteiger partial charge >= 0.3 is 56.2 Å². The molecule has 31 valence electrons. The summed E-state index contributed by atoms with van der Waals surface area (Å²) in [6, 6.07) is 0. The SMILES string of the molecule is OB(O)O.[BaH2].[Sc]. The summed E-state index contributed by atoms with van der Waals surface area (Å²) in [5, 5.41) is 21.5. The molecule has 0 bridgehead atoms. The molecule has 6 heteroatoms. The van der Waals surface area contributed by atoms with E-state index < -0.39 is 7.32 Å². The first kappa shape index (κ1) is 15.8. The molecule has 3 N–H and O–H groups in total. The van der Waals surface area contributed by atoms with Crippen LogP contribution >= 0.6 is 0 Å². The van der Waals surface area contributed by atoms with Crippen LogP contribution in [0.2, 0.25) is 0 Å². The minimum absolute atomic E-state index is 0. The van der Waals surface area contributed by atoms with Gasteiger partial charge in [-0.05, 0) is 0 Å². The van der Waals surface area contributed by atoms with Crippen molar-refractivity contribution >= 4 is 56.2 Å². The quantitative estimate of drug-likeness (QED) is 0.400. The Labute approximate surface area is 95.2 Å². The van der Waals surface area contributed by atoms with Gasteiger partial charge in [0.15, 0.2) is 0 Å². The molecule has 0 unspecified atom stereocenters. The van der Waals surface area contributed by atoms with Gasteiger partial charge in [-0.2, -0.15) is 0 Å². The van der Waals surface area contributed by atoms with E-state index in [1.54, 1.807) is 0 Å². The zero-order chi connectivity index (χ0) is 3.58. The number of hydrogen-bond donors (Lipinski definition) is 3. The first-order valence-corrected chi connectivity index (χ1v) is 0.775. The van der Waals surface area contributed by atoms with E-state index in [1.807, 2.05) is 0 Å². The summed E-state index contributed by atoms with van der Waals surface area (Å²) in [6.45, 7) is 0. The van der Waals surface area contributed by atoms with Crippen LogP contribution in [0, 0.1) is 0 Å². The molecule has 1 radical (unpaired) electrons. The van der Waals surface area contributed by atoms with Crippen LogP contribution in [0.3, 0.4) is 0 Å². The summed E-state index contributed by atoms with van der Waals surface area (Å²) in [5.74, 6) is 0. The third-order valence-electron chi connectivity index (χ3n) is 0. The Kier molecular flexibility index (Phi) is 27.3. The van der Waals surface area contributed by atoms with Gasteiger partial charge in [0.25, 0.3) is 0 Å². The fourth-order valence-corrected chi connectivity index (χ4v) is 0. The Bertz CT molecular complexity index is 15.5. The van der Waals surface area contributed by atoms with Crippen LogP contribution in [-0.2, 0) is 25.8 Å². The van der Waals surface area contributed by atoms with Gasteiger partial charge in [0.2, 0.25) is 0 Å². The topological polar surface area (TPSA) is 60.7 Å². The smallest absolute Gasteiger partial charge is 0 e. The normalized spacial score (nSPS) is 4.50. The summed E-state index contributed by atoms with van der Waals surface area (Å²) in [7, 11) is -2.17. The van der Waals surface area contributed by atoms with Crippen LogP contribution in [0.5, 0.6) is 0 Å². The molecule has 0 saturated heterocycles. The summed E-state index contributed by atoms with van der Waals surface area (Å²) in [4.78, 5) is 0. The minimum atomic E-state index is -2.17. The maximum atomic E-state index is 7.17. The van der Waals surface area contributed by atoms with E-state index in [4.69, 9.17) is 15.1 Å². The Hall–Kier alpha value is 2.39. The molecule has 0 fully saturated rings. The van der Waals surface area contributed by atoms with Crippen molar-refractivity contribution in [2.45, 2.75) is 0 Å². The van der Waals surface area contributed by atoms with E-state index in [-0.39, 0.29) is 74.7 Å². The largest absolute Gasteiger partial charge is 0 e. The van der Waals surface area contributed by atoms with E-state index in [0.29, 0.717) is 0 Å². The van der Waals surface area contributed by atoms with E-state index in [9.17, 15) is 0 Å². The molecule has 6 heavy (non-hydrogen) atoms. The molecule has 0 aromatic carbocycles. The second-order valence-corrected chi connectivity index (χ2v) is 0.346. The van der Waals surface area contributed by atoms with E-state index in [2.05, 4.69) is 0 Å². The monoisotopic (exact) mass is 247 g/mol. The van der Waals surface area contributed by atoms with Crippen molar-refractivity contribution in [2.24, 2.45) is 0 Å². The van der Waals surface area contributed by atoms with Crippen molar-refractivity contribution < 1.29 is 40.9 Å². The zero-order valence-electron chi connectivity index (χ0n) is 2.50.